The minimum absolute atomic E-state index is 0.0198. The fraction of sp³-hybridized carbons (Fsp3) is 0.500. The Morgan fingerprint density at radius 1 is 1.36 bits per heavy atom. The summed E-state index contributed by atoms with van der Waals surface area (Å²) >= 11 is 0. The van der Waals surface area contributed by atoms with Crippen molar-refractivity contribution in [2.45, 2.75) is 46.1 Å². The molecule has 1 aliphatic rings. The quantitative estimate of drug-likeness (QED) is 0.941. The molecule has 6 heteroatoms. The monoisotopic (exact) mass is 299 g/mol. The summed E-state index contributed by atoms with van der Waals surface area (Å²) in [7, 11) is 0. The van der Waals surface area contributed by atoms with Crippen molar-refractivity contribution in [2.24, 2.45) is 5.41 Å². The van der Waals surface area contributed by atoms with E-state index in [-0.39, 0.29) is 11.3 Å². The SMILES string of the molecule is CC(C)(C)CC(=O)Nc1cccc(-c2nnnn2C2CC2)c1. The molecule has 3 rings (SSSR count). The minimum atomic E-state index is -0.0300. The molecule has 1 N–H and O–H groups in total. The molecule has 1 heterocycles. The Kier molecular flexibility index (Phi) is 3.68. The number of anilines is 1. The van der Waals surface area contributed by atoms with Crippen LogP contribution < -0.4 is 5.32 Å². The molecule has 1 amide bonds. The molecule has 1 saturated carbocycles. The molecule has 1 aliphatic carbocycles. The molecule has 6 nitrogen and oxygen atoms in total. The molecule has 2 aromatic rings. The van der Waals surface area contributed by atoms with Gasteiger partial charge < -0.3 is 5.32 Å². The molecule has 0 aliphatic heterocycles. The lowest BCUT2D eigenvalue weighted by Gasteiger charge is -2.17. The number of carbonyl (C=O) groups excluding carboxylic acids is 1. The number of rotatable bonds is 4. The maximum Gasteiger partial charge on any atom is 0.224 e. The first-order valence-corrected chi connectivity index (χ1v) is 7.60. The highest BCUT2D eigenvalue weighted by molar-refractivity contribution is 5.91. The molecule has 1 aromatic carbocycles. The summed E-state index contributed by atoms with van der Waals surface area (Å²) in [6, 6.07) is 8.10. The van der Waals surface area contributed by atoms with E-state index in [4.69, 9.17) is 0 Å². The Labute approximate surface area is 129 Å². The number of aromatic nitrogens is 4. The fourth-order valence-electron chi connectivity index (χ4n) is 2.37. The lowest BCUT2D eigenvalue weighted by atomic mass is 9.92. The maximum atomic E-state index is 12.1. The summed E-state index contributed by atoms with van der Waals surface area (Å²) in [5, 5.41) is 14.9. The Morgan fingerprint density at radius 2 is 2.14 bits per heavy atom. The van der Waals surface area contributed by atoms with Gasteiger partial charge in [-0.3, -0.25) is 4.79 Å². The van der Waals surface area contributed by atoms with Gasteiger partial charge in [0.25, 0.3) is 0 Å². The number of tetrazole rings is 1. The van der Waals surface area contributed by atoms with Gasteiger partial charge in [0, 0.05) is 17.7 Å². The molecule has 0 radical (unpaired) electrons. The number of benzene rings is 1. The molecule has 1 aromatic heterocycles. The van der Waals surface area contributed by atoms with E-state index >= 15 is 0 Å². The molecule has 0 unspecified atom stereocenters. The third-order valence-electron chi connectivity index (χ3n) is 3.48. The molecule has 0 saturated heterocycles. The average Bonchev–Trinajstić information content (AvgIpc) is 3.14. The number of nitrogens with zero attached hydrogens (tertiary/aromatic N) is 4. The van der Waals surface area contributed by atoms with Crippen molar-refractivity contribution in [3.63, 3.8) is 0 Å². The van der Waals surface area contributed by atoms with Crippen LogP contribution in [0.2, 0.25) is 0 Å². The zero-order chi connectivity index (χ0) is 15.7. The number of nitrogens with one attached hydrogen (secondary N) is 1. The van der Waals surface area contributed by atoms with Crippen LogP contribution in [0.15, 0.2) is 24.3 Å². The lowest BCUT2D eigenvalue weighted by molar-refractivity contribution is -0.117. The van der Waals surface area contributed by atoms with E-state index in [1.807, 2.05) is 49.7 Å². The highest BCUT2D eigenvalue weighted by Gasteiger charge is 2.28. The van der Waals surface area contributed by atoms with Crippen molar-refractivity contribution in [1.29, 1.82) is 0 Å². The van der Waals surface area contributed by atoms with Crippen LogP contribution in [-0.4, -0.2) is 26.1 Å². The van der Waals surface area contributed by atoms with Crippen molar-refractivity contribution in [2.75, 3.05) is 5.32 Å². The zero-order valence-electron chi connectivity index (χ0n) is 13.2. The predicted octanol–water partition coefficient (Wildman–Crippen LogP) is 3.05. The number of amides is 1. The Balaban J connectivity index is 1.78. The molecule has 0 atom stereocenters. The van der Waals surface area contributed by atoms with Gasteiger partial charge in [0.05, 0.1) is 6.04 Å². The van der Waals surface area contributed by atoms with Crippen molar-refractivity contribution < 1.29 is 4.79 Å². The van der Waals surface area contributed by atoms with Gasteiger partial charge in [0.1, 0.15) is 0 Å². The van der Waals surface area contributed by atoms with Gasteiger partial charge in [-0.1, -0.05) is 32.9 Å². The van der Waals surface area contributed by atoms with Crippen LogP contribution >= 0.6 is 0 Å². The van der Waals surface area contributed by atoms with Crippen LogP contribution in [0, 0.1) is 5.41 Å². The Bertz CT molecular complexity index is 682. The van der Waals surface area contributed by atoms with E-state index in [9.17, 15) is 4.79 Å². The second-order valence-electron chi connectivity index (χ2n) is 7.04. The molecular formula is C16H21N5O. The molecular weight excluding hydrogens is 278 g/mol. The highest BCUT2D eigenvalue weighted by atomic mass is 16.1. The topological polar surface area (TPSA) is 72.7 Å². The van der Waals surface area contributed by atoms with Crippen molar-refractivity contribution in [3.05, 3.63) is 24.3 Å². The first-order chi connectivity index (χ1) is 10.4. The normalized spacial score (nSPS) is 14.9. The summed E-state index contributed by atoms with van der Waals surface area (Å²) in [4.78, 5) is 12.1. The van der Waals surface area contributed by atoms with Gasteiger partial charge in [-0.25, -0.2) is 4.68 Å². The van der Waals surface area contributed by atoms with Gasteiger partial charge in [-0.05, 0) is 40.8 Å². The lowest BCUT2D eigenvalue weighted by Crippen LogP contribution is -2.19. The largest absolute Gasteiger partial charge is 0.326 e. The van der Waals surface area contributed by atoms with Crippen LogP contribution in [0.3, 0.4) is 0 Å². The summed E-state index contributed by atoms with van der Waals surface area (Å²) < 4.78 is 1.87. The minimum Gasteiger partial charge on any atom is -0.326 e. The van der Waals surface area contributed by atoms with Crippen molar-refractivity contribution >= 4 is 11.6 Å². The molecule has 116 valence electrons. The summed E-state index contributed by atoms with van der Waals surface area (Å²) in [6.45, 7) is 6.15. The average molecular weight is 299 g/mol. The van der Waals surface area contributed by atoms with E-state index in [0.717, 1.165) is 29.9 Å². The summed E-state index contributed by atoms with van der Waals surface area (Å²) in [5.41, 5.74) is 1.67. The third-order valence-corrected chi connectivity index (χ3v) is 3.48. The van der Waals surface area contributed by atoms with Gasteiger partial charge in [-0.15, -0.1) is 5.10 Å². The number of hydrogen-bond donors (Lipinski definition) is 1. The first kappa shape index (κ1) is 14.7. The predicted molar refractivity (Wildman–Crippen MR) is 84.2 cm³/mol. The van der Waals surface area contributed by atoms with Gasteiger partial charge >= 0.3 is 0 Å². The Morgan fingerprint density at radius 3 is 2.82 bits per heavy atom. The van der Waals surface area contributed by atoms with Crippen LogP contribution in [0.1, 0.15) is 46.1 Å². The van der Waals surface area contributed by atoms with E-state index in [2.05, 4.69) is 20.8 Å². The molecule has 0 bridgehead atoms. The van der Waals surface area contributed by atoms with E-state index in [0.29, 0.717) is 12.5 Å². The Hall–Kier alpha value is -2.24. The van der Waals surface area contributed by atoms with Gasteiger partial charge in [0.2, 0.25) is 5.91 Å². The molecule has 22 heavy (non-hydrogen) atoms. The van der Waals surface area contributed by atoms with Crippen molar-refractivity contribution in [3.8, 4) is 11.4 Å². The van der Waals surface area contributed by atoms with Crippen LogP contribution in [0.5, 0.6) is 0 Å². The summed E-state index contributed by atoms with van der Waals surface area (Å²) in [5.74, 6) is 0.779. The van der Waals surface area contributed by atoms with Crippen LogP contribution in [0.25, 0.3) is 11.4 Å². The second-order valence-corrected chi connectivity index (χ2v) is 7.04. The first-order valence-electron chi connectivity index (χ1n) is 7.60. The molecule has 0 spiro atoms. The third kappa shape index (κ3) is 3.50. The maximum absolute atomic E-state index is 12.1. The smallest absolute Gasteiger partial charge is 0.224 e. The zero-order valence-corrected chi connectivity index (χ0v) is 13.2. The van der Waals surface area contributed by atoms with Crippen LogP contribution in [0.4, 0.5) is 5.69 Å². The van der Waals surface area contributed by atoms with E-state index in [1.165, 1.54) is 0 Å². The van der Waals surface area contributed by atoms with Crippen LogP contribution in [-0.2, 0) is 4.79 Å². The molecule has 1 fully saturated rings. The summed E-state index contributed by atoms with van der Waals surface area (Å²) in [6.07, 6.45) is 2.73. The standard InChI is InChI=1S/C16H21N5O/c1-16(2,3)10-14(22)17-12-6-4-5-11(9-12)15-18-19-20-21(15)13-7-8-13/h4-6,9,13H,7-8,10H2,1-3H3,(H,17,22). The van der Waals surface area contributed by atoms with E-state index < -0.39 is 0 Å². The van der Waals surface area contributed by atoms with Gasteiger partial charge in [-0.2, -0.15) is 0 Å². The number of carbonyl (C=O) groups is 1. The van der Waals surface area contributed by atoms with Crippen molar-refractivity contribution in [1.82, 2.24) is 20.2 Å². The highest BCUT2D eigenvalue weighted by Crippen LogP contribution is 2.36. The second kappa shape index (κ2) is 5.51. The van der Waals surface area contributed by atoms with E-state index in [1.54, 1.807) is 0 Å². The fourth-order valence-corrected chi connectivity index (χ4v) is 2.37. The van der Waals surface area contributed by atoms with Gasteiger partial charge in [0.15, 0.2) is 5.82 Å². The number of hydrogen-bond acceptors (Lipinski definition) is 4.